The highest BCUT2D eigenvalue weighted by Gasteiger charge is 2.24. The van der Waals surface area contributed by atoms with Crippen molar-refractivity contribution in [2.75, 3.05) is 13.1 Å². The van der Waals surface area contributed by atoms with Gasteiger partial charge in [-0.15, -0.1) is 0 Å². The fraction of sp³-hybridized carbons (Fsp3) is 0.429. The van der Waals surface area contributed by atoms with Gasteiger partial charge in [0.25, 0.3) is 5.91 Å². The van der Waals surface area contributed by atoms with Crippen LogP contribution in [0.2, 0.25) is 0 Å². The van der Waals surface area contributed by atoms with Gasteiger partial charge in [-0.1, -0.05) is 31.2 Å². The Balaban J connectivity index is 1.74. The van der Waals surface area contributed by atoms with E-state index in [-0.39, 0.29) is 5.91 Å². The van der Waals surface area contributed by atoms with Gasteiger partial charge in [-0.2, -0.15) is 0 Å². The van der Waals surface area contributed by atoms with Gasteiger partial charge in [0.2, 0.25) is 0 Å². The van der Waals surface area contributed by atoms with E-state index in [1.54, 1.807) is 0 Å². The number of nitrogens with zero attached hydrogens (tertiary/aromatic N) is 3. The number of imidazole rings is 1. The summed E-state index contributed by atoms with van der Waals surface area (Å²) in [4.78, 5) is 19.6. The minimum atomic E-state index is 0.144. The van der Waals surface area contributed by atoms with E-state index in [1.807, 2.05) is 23.2 Å². The average molecular weight is 335 g/mol. The highest BCUT2D eigenvalue weighted by molar-refractivity contribution is 5.94. The molecule has 0 N–H and O–H groups in total. The molecule has 2 aromatic heterocycles. The van der Waals surface area contributed by atoms with Gasteiger partial charge < -0.3 is 9.30 Å². The third kappa shape index (κ3) is 2.90. The maximum atomic E-state index is 12.9. The van der Waals surface area contributed by atoms with Gasteiger partial charge in [0.15, 0.2) is 0 Å². The van der Waals surface area contributed by atoms with Gasteiger partial charge in [-0.25, -0.2) is 4.98 Å². The summed E-state index contributed by atoms with van der Waals surface area (Å²) >= 11 is 0. The van der Waals surface area contributed by atoms with Crippen LogP contribution in [0.3, 0.4) is 0 Å². The number of fused-ring (bicyclic) bond motifs is 1. The summed E-state index contributed by atoms with van der Waals surface area (Å²) in [5.41, 5.74) is 3.91. The molecule has 1 aliphatic heterocycles. The maximum Gasteiger partial charge on any atom is 0.255 e. The molecule has 1 saturated heterocycles. The van der Waals surface area contributed by atoms with Crippen LogP contribution in [0.1, 0.15) is 53.8 Å². The third-order valence-electron chi connectivity index (χ3n) is 5.46. The molecule has 1 amide bonds. The molecular formula is C21H25N3O. The summed E-state index contributed by atoms with van der Waals surface area (Å²) in [7, 11) is 0. The number of amides is 1. The summed E-state index contributed by atoms with van der Waals surface area (Å²) in [5, 5.41) is 0. The number of carbonyl (C=O) groups is 1. The van der Waals surface area contributed by atoms with Crippen LogP contribution >= 0.6 is 0 Å². The summed E-state index contributed by atoms with van der Waals surface area (Å²) in [5.74, 6) is 0.858. The predicted molar refractivity (Wildman–Crippen MR) is 99.9 cm³/mol. The second kappa shape index (κ2) is 6.51. The van der Waals surface area contributed by atoms with Crippen LogP contribution in [0, 0.1) is 12.8 Å². The molecule has 1 fully saturated rings. The Hall–Kier alpha value is -2.36. The minimum Gasteiger partial charge on any atom is -0.339 e. The van der Waals surface area contributed by atoms with Crippen molar-refractivity contribution in [2.45, 2.75) is 39.0 Å². The zero-order valence-electron chi connectivity index (χ0n) is 15.0. The normalized spacial score (nSPS) is 23.4. The van der Waals surface area contributed by atoms with E-state index in [4.69, 9.17) is 4.98 Å². The van der Waals surface area contributed by atoms with Crippen molar-refractivity contribution in [1.29, 1.82) is 0 Å². The number of aryl methyl sites for hydroxylation is 1. The number of hydrogen-bond donors (Lipinski definition) is 0. The summed E-state index contributed by atoms with van der Waals surface area (Å²) < 4.78 is 2.12. The molecule has 2 aromatic rings. The van der Waals surface area contributed by atoms with Crippen molar-refractivity contribution in [3.05, 3.63) is 59.6 Å². The van der Waals surface area contributed by atoms with Crippen LogP contribution in [0.5, 0.6) is 0 Å². The molecule has 2 aliphatic rings. The molecule has 2 unspecified atom stereocenters. The standard InChI is InChI=1S/C21H25N3O/c1-15-8-4-5-9-18(15)20-16(2)22-19-11-10-17(14-24(19)20)21(25)23-12-6-3-7-13-23/h4-5,8-11,14-15,18H,3,6-7,12-13H2,1-2H3. The van der Waals surface area contributed by atoms with E-state index in [2.05, 4.69) is 42.6 Å². The lowest BCUT2D eigenvalue weighted by Gasteiger charge is -2.27. The summed E-state index contributed by atoms with van der Waals surface area (Å²) in [6, 6.07) is 3.89. The zero-order chi connectivity index (χ0) is 17.4. The van der Waals surface area contributed by atoms with Gasteiger partial charge in [0.1, 0.15) is 5.65 Å². The average Bonchev–Trinajstić information content (AvgIpc) is 2.97. The van der Waals surface area contributed by atoms with Crippen LogP contribution in [0.25, 0.3) is 5.65 Å². The van der Waals surface area contributed by atoms with Crippen molar-refractivity contribution in [2.24, 2.45) is 5.92 Å². The SMILES string of the molecule is Cc1nc2ccc(C(=O)N3CCCCC3)cn2c1C1C=CC=CC1C. The summed E-state index contributed by atoms with van der Waals surface area (Å²) in [6.45, 7) is 6.04. The van der Waals surface area contributed by atoms with Crippen molar-refractivity contribution >= 4 is 11.6 Å². The first-order chi connectivity index (χ1) is 12.1. The molecule has 130 valence electrons. The Labute approximate surface area is 148 Å². The topological polar surface area (TPSA) is 37.6 Å². The molecule has 1 aliphatic carbocycles. The Morgan fingerprint density at radius 1 is 1.12 bits per heavy atom. The lowest BCUT2D eigenvalue weighted by atomic mass is 9.86. The Bertz CT molecular complexity index is 855. The van der Waals surface area contributed by atoms with Crippen molar-refractivity contribution in [1.82, 2.24) is 14.3 Å². The van der Waals surface area contributed by atoms with E-state index >= 15 is 0 Å². The number of carbonyl (C=O) groups excluding carboxylic acids is 1. The number of aromatic nitrogens is 2. The van der Waals surface area contributed by atoms with Crippen LogP contribution in [-0.2, 0) is 0 Å². The molecule has 0 spiro atoms. The van der Waals surface area contributed by atoms with Crippen LogP contribution in [0.4, 0.5) is 0 Å². The van der Waals surface area contributed by atoms with Crippen LogP contribution < -0.4 is 0 Å². The molecule has 4 nitrogen and oxygen atoms in total. The highest BCUT2D eigenvalue weighted by Crippen LogP contribution is 2.32. The third-order valence-corrected chi connectivity index (χ3v) is 5.46. The highest BCUT2D eigenvalue weighted by atomic mass is 16.2. The van der Waals surface area contributed by atoms with Crippen molar-refractivity contribution in [3.8, 4) is 0 Å². The molecule has 0 saturated carbocycles. The Morgan fingerprint density at radius 2 is 1.88 bits per heavy atom. The van der Waals surface area contributed by atoms with E-state index in [0.29, 0.717) is 11.8 Å². The molecule has 0 radical (unpaired) electrons. The molecule has 0 aromatic carbocycles. The smallest absolute Gasteiger partial charge is 0.255 e. The van der Waals surface area contributed by atoms with Gasteiger partial charge in [0, 0.05) is 25.2 Å². The fourth-order valence-electron chi connectivity index (χ4n) is 4.05. The number of likely N-dealkylation sites (tertiary alicyclic amines) is 1. The number of allylic oxidation sites excluding steroid dienone is 4. The maximum absolute atomic E-state index is 12.9. The first-order valence-corrected chi connectivity index (χ1v) is 9.28. The van der Waals surface area contributed by atoms with E-state index in [9.17, 15) is 4.79 Å². The van der Waals surface area contributed by atoms with Gasteiger partial charge in [0.05, 0.1) is 17.0 Å². The number of rotatable bonds is 2. The zero-order valence-corrected chi connectivity index (χ0v) is 15.0. The van der Waals surface area contributed by atoms with Gasteiger partial charge >= 0.3 is 0 Å². The van der Waals surface area contributed by atoms with E-state index in [1.165, 1.54) is 12.1 Å². The quantitative estimate of drug-likeness (QED) is 0.828. The number of pyridine rings is 1. The predicted octanol–water partition coefficient (Wildman–Crippen LogP) is 4.11. The first-order valence-electron chi connectivity index (χ1n) is 9.28. The molecule has 3 heterocycles. The van der Waals surface area contributed by atoms with Crippen LogP contribution in [-0.4, -0.2) is 33.3 Å². The first kappa shape index (κ1) is 16.1. The largest absolute Gasteiger partial charge is 0.339 e. The molecule has 0 bridgehead atoms. The molecular weight excluding hydrogens is 310 g/mol. The molecule has 2 atom stereocenters. The van der Waals surface area contributed by atoms with Crippen LogP contribution in [0.15, 0.2) is 42.6 Å². The van der Waals surface area contributed by atoms with Crippen molar-refractivity contribution < 1.29 is 4.79 Å². The van der Waals surface area contributed by atoms with Gasteiger partial charge in [-0.3, -0.25) is 4.79 Å². The second-order valence-corrected chi connectivity index (χ2v) is 7.24. The van der Waals surface area contributed by atoms with E-state index in [0.717, 1.165) is 42.8 Å². The lowest BCUT2D eigenvalue weighted by Crippen LogP contribution is -2.35. The molecule has 25 heavy (non-hydrogen) atoms. The Kier molecular flexibility index (Phi) is 4.20. The van der Waals surface area contributed by atoms with Crippen molar-refractivity contribution in [3.63, 3.8) is 0 Å². The monoisotopic (exact) mass is 335 g/mol. The molecule has 4 heteroatoms. The lowest BCUT2D eigenvalue weighted by molar-refractivity contribution is 0.0724. The van der Waals surface area contributed by atoms with Gasteiger partial charge in [-0.05, 0) is 44.2 Å². The molecule has 4 rings (SSSR count). The summed E-state index contributed by atoms with van der Waals surface area (Å²) in [6.07, 6.45) is 14.1. The number of hydrogen-bond acceptors (Lipinski definition) is 2. The Morgan fingerprint density at radius 3 is 2.64 bits per heavy atom. The van der Waals surface area contributed by atoms with E-state index < -0.39 is 0 Å². The minimum absolute atomic E-state index is 0.144. The fourth-order valence-corrected chi connectivity index (χ4v) is 4.05. The number of piperidine rings is 1. The second-order valence-electron chi connectivity index (χ2n) is 7.24.